The molecule has 1 aromatic carbocycles. The summed E-state index contributed by atoms with van der Waals surface area (Å²) >= 11 is 0. The van der Waals surface area contributed by atoms with Gasteiger partial charge in [0.1, 0.15) is 0 Å². The summed E-state index contributed by atoms with van der Waals surface area (Å²) in [6.45, 7) is 4.37. The van der Waals surface area contributed by atoms with Crippen molar-refractivity contribution in [1.29, 1.82) is 0 Å². The smallest absolute Gasteiger partial charge is 1.00 e. The number of aliphatic hydroxyl groups is 1. The third-order valence-electron chi connectivity index (χ3n) is 3.88. The molecule has 144 valence electrons. The van der Waals surface area contributed by atoms with Gasteiger partial charge in [0.2, 0.25) is 5.75 Å². The largest absolute Gasteiger partial charge is 1.00 e. The van der Waals surface area contributed by atoms with Crippen LogP contribution in [-0.2, 0) is 16.1 Å². The zero-order valence-electron chi connectivity index (χ0n) is 16.0. The Bertz CT molecular complexity index is 491. The van der Waals surface area contributed by atoms with Crippen LogP contribution in [0.1, 0.15) is 6.99 Å². The van der Waals surface area contributed by atoms with Gasteiger partial charge in [0, 0.05) is 19.6 Å². The highest BCUT2D eigenvalue weighted by atomic mass is 35.5. The van der Waals surface area contributed by atoms with Gasteiger partial charge in [-0.15, -0.1) is 0 Å². The van der Waals surface area contributed by atoms with Gasteiger partial charge >= 0.3 is 1.43 Å². The number of aliphatic hydroxyl groups excluding tert-OH is 1. The lowest BCUT2D eigenvalue weighted by Crippen LogP contribution is -3.00. The standard InChI is InChI=1S/C17H27NO6.ClH/c1-20-15-8-13(9-16(21-2)17(15)22-3)11-24-12-14(19)10-18-4-6-23-7-5-18;/h8-9,14,19H,4-7,10-12H2,1-3H3;1H. The van der Waals surface area contributed by atoms with E-state index in [0.29, 0.717) is 30.4 Å². The predicted octanol–water partition coefficient (Wildman–Crippen LogP) is -1.96. The van der Waals surface area contributed by atoms with Crippen molar-refractivity contribution in [3.63, 3.8) is 0 Å². The number of benzene rings is 1. The molecule has 0 spiro atoms. The van der Waals surface area contributed by atoms with Crippen LogP contribution >= 0.6 is 0 Å². The van der Waals surface area contributed by atoms with Crippen molar-refractivity contribution in [3.8, 4) is 17.2 Å². The van der Waals surface area contributed by atoms with Gasteiger partial charge in [-0.05, 0) is 17.7 Å². The van der Waals surface area contributed by atoms with Crippen LogP contribution in [0, 0.1) is 0 Å². The molecule has 1 aromatic rings. The normalized spacial score (nSPS) is 16.0. The Morgan fingerprint density at radius 2 is 1.72 bits per heavy atom. The van der Waals surface area contributed by atoms with Crippen molar-refractivity contribution in [1.82, 2.24) is 4.90 Å². The van der Waals surface area contributed by atoms with Crippen molar-refractivity contribution in [2.45, 2.75) is 12.7 Å². The third kappa shape index (κ3) is 6.52. The van der Waals surface area contributed by atoms with Crippen molar-refractivity contribution < 1.29 is 42.6 Å². The average Bonchev–Trinajstić information content (AvgIpc) is 2.61. The lowest BCUT2D eigenvalue weighted by atomic mass is 10.2. The zero-order chi connectivity index (χ0) is 17.4. The molecule has 1 aliphatic rings. The van der Waals surface area contributed by atoms with Crippen molar-refractivity contribution in [3.05, 3.63) is 17.7 Å². The minimum Gasteiger partial charge on any atom is -1.00 e. The summed E-state index contributed by atoms with van der Waals surface area (Å²) in [5.74, 6) is 1.73. The molecule has 1 fully saturated rings. The number of methoxy groups -OCH3 is 3. The number of hydrogen-bond acceptors (Lipinski definition) is 7. The number of β-amino-alcohol motifs (C(OH)–C–C–N with tert-alkyl or cyclic N) is 1. The SMILES string of the molecule is COc1cc(COCC(O)CN2CCOCC2)cc(OC)c1OC.[Cl-].[H+]. The van der Waals surface area contributed by atoms with Crippen molar-refractivity contribution >= 4 is 0 Å². The van der Waals surface area contributed by atoms with E-state index < -0.39 is 6.10 Å². The molecule has 0 amide bonds. The lowest BCUT2D eigenvalue weighted by molar-refractivity contribution is -0.0175. The Labute approximate surface area is 156 Å². The number of hydrogen-bond donors (Lipinski definition) is 1. The molecule has 0 radical (unpaired) electrons. The Morgan fingerprint density at radius 1 is 1.12 bits per heavy atom. The van der Waals surface area contributed by atoms with Crippen LogP contribution < -0.4 is 26.6 Å². The van der Waals surface area contributed by atoms with Crippen molar-refractivity contribution in [2.24, 2.45) is 0 Å². The summed E-state index contributed by atoms with van der Waals surface area (Å²) < 4.78 is 26.9. The fraction of sp³-hybridized carbons (Fsp3) is 0.647. The number of morpholine rings is 1. The number of halogens is 1. The second-order valence-electron chi connectivity index (χ2n) is 5.62. The molecule has 1 N–H and O–H groups in total. The topological polar surface area (TPSA) is 69.6 Å². The highest BCUT2D eigenvalue weighted by molar-refractivity contribution is 5.53. The molecule has 0 bridgehead atoms. The molecule has 8 heteroatoms. The summed E-state index contributed by atoms with van der Waals surface area (Å²) in [4.78, 5) is 2.18. The van der Waals surface area contributed by atoms with E-state index >= 15 is 0 Å². The van der Waals surface area contributed by atoms with Gasteiger partial charge in [0.25, 0.3) is 0 Å². The number of nitrogens with zero attached hydrogens (tertiary/aromatic N) is 1. The van der Waals surface area contributed by atoms with Crippen LogP contribution in [0.25, 0.3) is 0 Å². The quantitative estimate of drug-likeness (QED) is 0.536. The van der Waals surface area contributed by atoms with Gasteiger partial charge in [-0.1, -0.05) is 0 Å². The molecular weight excluding hydrogens is 350 g/mol. The molecule has 1 unspecified atom stereocenters. The van der Waals surface area contributed by atoms with Gasteiger partial charge < -0.3 is 41.2 Å². The maximum absolute atomic E-state index is 10.1. The molecule has 25 heavy (non-hydrogen) atoms. The Hall–Kier alpha value is -1.25. The van der Waals surface area contributed by atoms with Crippen LogP contribution in [-0.4, -0.2) is 76.9 Å². The Kier molecular flexibility index (Phi) is 9.92. The first-order chi connectivity index (χ1) is 11.7. The second-order valence-corrected chi connectivity index (χ2v) is 5.62. The minimum atomic E-state index is -0.523. The van der Waals surface area contributed by atoms with Gasteiger partial charge in [-0.2, -0.15) is 0 Å². The van der Waals surface area contributed by atoms with Crippen LogP contribution in [0.3, 0.4) is 0 Å². The van der Waals surface area contributed by atoms with E-state index in [4.69, 9.17) is 23.7 Å². The van der Waals surface area contributed by atoms with Gasteiger partial charge in [0.05, 0.1) is 53.9 Å². The Balaban J connectivity index is 0.00000312. The van der Waals surface area contributed by atoms with Crippen molar-refractivity contribution in [2.75, 3.05) is 60.8 Å². The molecule has 1 heterocycles. The fourth-order valence-electron chi connectivity index (χ4n) is 2.67. The number of rotatable bonds is 9. The molecule has 0 aliphatic carbocycles. The molecule has 1 atom stereocenters. The summed E-state index contributed by atoms with van der Waals surface area (Å²) in [5, 5.41) is 10.1. The summed E-state index contributed by atoms with van der Waals surface area (Å²) in [7, 11) is 4.72. The van der Waals surface area contributed by atoms with Gasteiger partial charge in [0.15, 0.2) is 11.5 Å². The van der Waals surface area contributed by atoms with E-state index in [9.17, 15) is 5.11 Å². The predicted molar refractivity (Wildman–Crippen MR) is 90.1 cm³/mol. The molecule has 1 aliphatic heterocycles. The fourth-order valence-corrected chi connectivity index (χ4v) is 2.67. The zero-order valence-corrected chi connectivity index (χ0v) is 15.8. The molecule has 0 aromatic heterocycles. The first-order valence-electron chi connectivity index (χ1n) is 8.02. The highest BCUT2D eigenvalue weighted by Crippen LogP contribution is 2.38. The first-order valence-corrected chi connectivity index (χ1v) is 8.02. The Morgan fingerprint density at radius 3 is 2.24 bits per heavy atom. The summed E-state index contributed by atoms with van der Waals surface area (Å²) in [5.41, 5.74) is 0.892. The summed E-state index contributed by atoms with van der Waals surface area (Å²) in [6.07, 6.45) is -0.523. The van der Waals surface area contributed by atoms with E-state index in [2.05, 4.69) is 4.90 Å². The maximum atomic E-state index is 10.1. The number of ether oxygens (including phenoxy) is 5. The molecule has 2 rings (SSSR count). The van der Waals surface area contributed by atoms with Crippen LogP contribution in [0.2, 0.25) is 0 Å². The van der Waals surface area contributed by atoms with E-state index in [1.807, 2.05) is 12.1 Å². The summed E-state index contributed by atoms with van der Waals surface area (Å²) in [6, 6.07) is 3.69. The average molecular weight is 378 g/mol. The van der Waals surface area contributed by atoms with E-state index in [0.717, 1.165) is 31.9 Å². The first kappa shape index (κ1) is 21.8. The van der Waals surface area contributed by atoms with Crippen LogP contribution in [0.15, 0.2) is 12.1 Å². The maximum Gasteiger partial charge on any atom is 1.00 e. The minimum absolute atomic E-state index is 0. The van der Waals surface area contributed by atoms with E-state index in [1.165, 1.54) is 0 Å². The van der Waals surface area contributed by atoms with Gasteiger partial charge in [-0.3, -0.25) is 4.90 Å². The van der Waals surface area contributed by atoms with E-state index in [1.54, 1.807) is 21.3 Å². The van der Waals surface area contributed by atoms with Gasteiger partial charge in [-0.25, -0.2) is 0 Å². The highest BCUT2D eigenvalue weighted by Gasteiger charge is 2.16. The molecule has 0 saturated carbocycles. The lowest BCUT2D eigenvalue weighted by Gasteiger charge is -2.28. The third-order valence-corrected chi connectivity index (χ3v) is 3.88. The van der Waals surface area contributed by atoms with Crippen LogP contribution in [0.4, 0.5) is 0 Å². The molecular formula is C17H28ClNO6. The monoisotopic (exact) mass is 377 g/mol. The van der Waals surface area contributed by atoms with Crippen LogP contribution in [0.5, 0.6) is 17.2 Å². The molecule has 7 nitrogen and oxygen atoms in total. The molecule has 1 saturated heterocycles. The second kappa shape index (κ2) is 11.4. The van der Waals surface area contributed by atoms with E-state index in [-0.39, 0.29) is 20.4 Å².